The third kappa shape index (κ3) is 4.10. The third-order valence-electron chi connectivity index (χ3n) is 2.25. The van der Waals surface area contributed by atoms with Crippen LogP contribution in [0.2, 0.25) is 0 Å². The number of carbonyl (C=O) groups is 1. The van der Waals surface area contributed by atoms with E-state index in [1.165, 1.54) is 19.2 Å². The summed E-state index contributed by atoms with van der Waals surface area (Å²) in [5, 5.41) is 0. The summed E-state index contributed by atoms with van der Waals surface area (Å²) in [6.07, 6.45) is -0.00336. The molecule has 1 rings (SSSR count). The van der Waals surface area contributed by atoms with Crippen molar-refractivity contribution in [3.8, 4) is 0 Å². The third-order valence-corrected chi connectivity index (χ3v) is 3.64. The van der Waals surface area contributed by atoms with Gasteiger partial charge in [-0.25, -0.2) is 13.1 Å². The molecule has 0 heterocycles. The molecular weight excluding hydrogens is 256 g/mol. The van der Waals surface area contributed by atoms with Crippen LogP contribution >= 0.6 is 0 Å². The first kappa shape index (κ1) is 14.6. The number of nitrogens with one attached hydrogen (secondary N) is 1. The molecule has 18 heavy (non-hydrogen) atoms. The lowest BCUT2D eigenvalue weighted by Gasteiger charge is -2.07. The van der Waals surface area contributed by atoms with Crippen molar-refractivity contribution in [1.82, 2.24) is 4.72 Å². The largest absolute Gasteiger partial charge is 0.384 e. The molecule has 1 aromatic rings. The first-order chi connectivity index (χ1) is 8.49. The molecule has 0 aliphatic carbocycles. The fourth-order valence-electron chi connectivity index (χ4n) is 1.26. The van der Waals surface area contributed by atoms with Crippen LogP contribution in [0.4, 0.5) is 0 Å². The number of hydrogen-bond acceptors (Lipinski definition) is 5. The van der Waals surface area contributed by atoms with Gasteiger partial charge < -0.3 is 10.5 Å². The van der Waals surface area contributed by atoms with Crippen LogP contribution in [0.1, 0.15) is 12.0 Å². The lowest BCUT2D eigenvalue weighted by molar-refractivity contribution is -0.120. The van der Waals surface area contributed by atoms with Gasteiger partial charge in [0.1, 0.15) is 0 Å². The van der Waals surface area contributed by atoms with Gasteiger partial charge in [-0.05, 0) is 17.7 Å². The van der Waals surface area contributed by atoms with Gasteiger partial charge in [0.2, 0.25) is 5.91 Å². The first-order valence-electron chi connectivity index (χ1n) is 5.33. The van der Waals surface area contributed by atoms with Crippen molar-refractivity contribution >= 4 is 15.9 Å². The summed E-state index contributed by atoms with van der Waals surface area (Å²) >= 11 is 0. The van der Waals surface area contributed by atoms with Crippen molar-refractivity contribution in [1.29, 1.82) is 0 Å². The van der Waals surface area contributed by atoms with Crippen LogP contribution < -0.4 is 10.5 Å². The first-order valence-corrected chi connectivity index (χ1v) is 6.81. The second-order valence-electron chi connectivity index (χ2n) is 3.62. The minimum Gasteiger partial charge on any atom is -0.384 e. The minimum absolute atomic E-state index is 0.00336. The van der Waals surface area contributed by atoms with Crippen molar-refractivity contribution in [2.45, 2.75) is 17.9 Å². The zero-order valence-corrected chi connectivity index (χ0v) is 10.9. The number of sulfonamides is 1. The Morgan fingerprint density at radius 3 is 2.44 bits per heavy atom. The van der Waals surface area contributed by atoms with E-state index < -0.39 is 15.9 Å². The van der Waals surface area contributed by atoms with E-state index in [0.717, 1.165) is 5.56 Å². The number of benzene rings is 1. The summed E-state index contributed by atoms with van der Waals surface area (Å²) in [7, 11) is -2.37. The molecule has 0 aromatic heterocycles. The van der Waals surface area contributed by atoms with Crippen LogP contribution in [0.5, 0.6) is 0 Å². The Hall–Kier alpha value is -1.44. The Morgan fingerprint density at radius 2 is 1.94 bits per heavy atom. The summed E-state index contributed by atoms with van der Waals surface area (Å²) in [5.41, 5.74) is 6.23. The second-order valence-corrected chi connectivity index (χ2v) is 5.30. The number of ether oxygens (including phenoxy) is 1. The second kappa shape index (κ2) is 6.48. The van der Waals surface area contributed by atoms with Crippen LogP contribution in [0.15, 0.2) is 29.2 Å². The van der Waals surface area contributed by atoms with Crippen LogP contribution in [0, 0.1) is 0 Å². The van der Waals surface area contributed by atoms with Gasteiger partial charge in [-0.2, -0.15) is 0 Å². The molecule has 3 N–H and O–H groups in total. The average molecular weight is 272 g/mol. The summed E-state index contributed by atoms with van der Waals surface area (Å²) in [6.45, 7) is 0.508. The molecule has 0 saturated heterocycles. The van der Waals surface area contributed by atoms with Crippen LogP contribution in [0.25, 0.3) is 0 Å². The highest BCUT2D eigenvalue weighted by Crippen LogP contribution is 2.10. The maximum absolute atomic E-state index is 11.8. The number of nitrogens with two attached hydrogens (primary N) is 1. The molecule has 0 fully saturated rings. The number of rotatable bonds is 6. The lowest BCUT2D eigenvalue weighted by Crippen LogP contribution is -2.31. The Labute approximate surface area is 106 Å². The number of carbonyl (C=O) groups excluding carboxylic acids is 1. The Balaban J connectivity index is 2.76. The highest BCUT2D eigenvalue weighted by molar-refractivity contribution is 7.90. The van der Waals surface area contributed by atoms with E-state index in [9.17, 15) is 13.2 Å². The van der Waals surface area contributed by atoms with Gasteiger partial charge in [-0.3, -0.25) is 4.79 Å². The van der Waals surface area contributed by atoms with Crippen molar-refractivity contribution in [3.05, 3.63) is 29.8 Å². The van der Waals surface area contributed by atoms with Gasteiger partial charge in [0.25, 0.3) is 10.0 Å². The van der Waals surface area contributed by atoms with Gasteiger partial charge in [0.05, 0.1) is 17.9 Å². The standard InChI is InChI=1S/C11H16N2O4S/c1-17-7-6-11(14)13-18(15,16)10-4-2-9(8-12)3-5-10/h2-5H,6-8,12H2,1H3,(H,13,14). The fraction of sp³-hybridized carbons (Fsp3) is 0.364. The molecule has 0 atom stereocenters. The van der Waals surface area contributed by atoms with Crippen molar-refractivity contribution in [2.75, 3.05) is 13.7 Å². The summed E-state index contributed by atoms with van der Waals surface area (Å²) < 4.78 is 30.3. The molecule has 100 valence electrons. The predicted octanol–water partition coefficient (Wildman–Crippen LogP) is -0.0133. The number of amides is 1. The maximum Gasteiger partial charge on any atom is 0.264 e. The summed E-state index contributed by atoms with van der Waals surface area (Å²) in [5.74, 6) is -0.597. The molecule has 7 heteroatoms. The van der Waals surface area contributed by atoms with Crippen LogP contribution in [0.3, 0.4) is 0 Å². The van der Waals surface area contributed by atoms with E-state index in [0.29, 0.717) is 6.54 Å². The van der Waals surface area contributed by atoms with Crippen LogP contribution in [-0.2, 0) is 26.1 Å². The summed E-state index contributed by atoms with van der Waals surface area (Å²) in [6, 6.07) is 6.03. The fourth-order valence-corrected chi connectivity index (χ4v) is 2.27. The highest BCUT2D eigenvalue weighted by Gasteiger charge is 2.16. The Bertz CT molecular complexity index is 496. The molecule has 1 amide bonds. The molecule has 6 nitrogen and oxygen atoms in total. The molecule has 0 radical (unpaired) electrons. The molecule has 0 aliphatic heterocycles. The SMILES string of the molecule is COCCC(=O)NS(=O)(=O)c1ccc(CN)cc1. The molecule has 1 aromatic carbocycles. The van der Waals surface area contributed by atoms with Gasteiger partial charge in [-0.15, -0.1) is 0 Å². The maximum atomic E-state index is 11.8. The summed E-state index contributed by atoms with van der Waals surface area (Å²) in [4.78, 5) is 11.4. The predicted molar refractivity (Wildman–Crippen MR) is 66.2 cm³/mol. The number of methoxy groups -OCH3 is 1. The van der Waals surface area contributed by atoms with E-state index in [4.69, 9.17) is 10.5 Å². The number of hydrogen-bond donors (Lipinski definition) is 2. The molecule has 0 bridgehead atoms. The normalized spacial score (nSPS) is 11.2. The smallest absolute Gasteiger partial charge is 0.264 e. The average Bonchev–Trinajstić information content (AvgIpc) is 2.36. The molecular formula is C11H16N2O4S. The molecule has 0 unspecified atom stereocenters. The quantitative estimate of drug-likeness (QED) is 0.758. The highest BCUT2D eigenvalue weighted by atomic mass is 32.2. The van der Waals surface area contributed by atoms with Crippen molar-refractivity contribution in [3.63, 3.8) is 0 Å². The van der Waals surface area contributed by atoms with Gasteiger partial charge in [-0.1, -0.05) is 12.1 Å². The van der Waals surface area contributed by atoms with E-state index in [-0.39, 0.29) is 17.9 Å². The van der Waals surface area contributed by atoms with Crippen LogP contribution in [-0.4, -0.2) is 28.0 Å². The monoisotopic (exact) mass is 272 g/mol. The van der Waals surface area contributed by atoms with Crippen molar-refractivity contribution in [2.24, 2.45) is 5.73 Å². The zero-order chi connectivity index (χ0) is 13.6. The van der Waals surface area contributed by atoms with Crippen molar-refractivity contribution < 1.29 is 17.9 Å². The zero-order valence-electron chi connectivity index (χ0n) is 10.0. The Morgan fingerprint density at radius 1 is 1.33 bits per heavy atom. The van der Waals surface area contributed by atoms with Gasteiger partial charge in [0, 0.05) is 13.7 Å². The Kier molecular flexibility index (Phi) is 5.26. The molecule has 0 saturated carbocycles. The van der Waals surface area contributed by atoms with Gasteiger partial charge in [0.15, 0.2) is 0 Å². The lowest BCUT2D eigenvalue weighted by atomic mass is 10.2. The van der Waals surface area contributed by atoms with E-state index >= 15 is 0 Å². The van der Waals surface area contributed by atoms with E-state index in [1.54, 1.807) is 12.1 Å². The minimum atomic E-state index is -3.81. The van der Waals surface area contributed by atoms with Gasteiger partial charge >= 0.3 is 0 Å². The topological polar surface area (TPSA) is 98.5 Å². The van der Waals surface area contributed by atoms with E-state index in [2.05, 4.69) is 0 Å². The van der Waals surface area contributed by atoms with E-state index in [1.807, 2.05) is 4.72 Å². The molecule has 0 spiro atoms. The molecule has 0 aliphatic rings.